The van der Waals surface area contributed by atoms with Crippen LogP contribution in [0.15, 0.2) is 49.3 Å². The quantitative estimate of drug-likeness (QED) is 0.113. The van der Waals surface area contributed by atoms with E-state index in [2.05, 4.69) is 19.2 Å². The van der Waals surface area contributed by atoms with Crippen LogP contribution in [0.2, 0.25) is 0 Å². The monoisotopic (exact) mass is 979 g/mol. The number of allylic oxidation sites excluding steroid dienone is 6. The Balaban J connectivity index is 2.05. The average Bonchev–Trinajstić information content (AvgIpc) is 3.95. The maximum atomic E-state index is 14.0. The summed E-state index contributed by atoms with van der Waals surface area (Å²) >= 11 is 0. The van der Waals surface area contributed by atoms with Crippen LogP contribution in [0.4, 0.5) is 0 Å². The lowest BCUT2D eigenvalue weighted by molar-refractivity contribution is -0.147. The fraction of sp³-hybridized carbons (Fsp3) is 0.692. The molecule has 1 fully saturated rings. The van der Waals surface area contributed by atoms with Gasteiger partial charge in [0.2, 0.25) is 0 Å². The highest BCUT2D eigenvalue weighted by atomic mass is 16.5. The standard InChI is InChI=1S/C52H74N4O14/c1-28-43-31(17-20-37(58)65-10)48(3,4)35(54-43)25-34-30(16-19-36(57)64-9)50(6,26-41(62)69-14)46(53-34)29(2)44-32(18-21-38(59)66-11)51(7,27-42(63)70-15)52(8,56-44)47-33(24-40(61)68-13)49(5,45(28)55-47)23-22-39(60)67-12/h25,30-33,47,53H,16-24,26-27H2,1-15H3/b34-25-,43-28?,46-29-/t30-,31-,32-,33-,47?,49-,50+,51+,52+/m1/s1. The fourth-order valence-corrected chi connectivity index (χ4v) is 12.3. The number of carbonyl (C=O) groups excluding carboxylic acids is 7. The highest BCUT2D eigenvalue weighted by molar-refractivity contribution is 6.10. The van der Waals surface area contributed by atoms with Gasteiger partial charge in [-0.25, -0.2) is 0 Å². The van der Waals surface area contributed by atoms with Crippen LogP contribution in [0.3, 0.4) is 0 Å². The summed E-state index contributed by atoms with van der Waals surface area (Å²) in [6.07, 6.45) is 2.42. The molecular formula is C52H74N4O14. The van der Waals surface area contributed by atoms with Gasteiger partial charge in [0.25, 0.3) is 0 Å². The third kappa shape index (κ3) is 9.97. The molecule has 0 aromatic carbocycles. The third-order valence-corrected chi connectivity index (χ3v) is 16.8. The van der Waals surface area contributed by atoms with Crippen molar-refractivity contribution < 1.29 is 66.7 Å². The van der Waals surface area contributed by atoms with Gasteiger partial charge in [0.05, 0.1) is 80.6 Å². The summed E-state index contributed by atoms with van der Waals surface area (Å²) in [5.41, 5.74) is -0.483. The molecule has 386 valence electrons. The Morgan fingerprint density at radius 2 is 1.07 bits per heavy atom. The number of fused-ring (bicyclic) bond motifs is 6. The Kier molecular flexibility index (Phi) is 16.9. The molecule has 0 saturated carbocycles. The Morgan fingerprint density at radius 1 is 0.586 bits per heavy atom. The predicted octanol–water partition coefficient (Wildman–Crippen LogP) is 6.54. The van der Waals surface area contributed by atoms with E-state index in [0.717, 1.165) is 0 Å². The van der Waals surface area contributed by atoms with Crippen molar-refractivity contribution in [2.45, 2.75) is 138 Å². The van der Waals surface area contributed by atoms with E-state index >= 15 is 0 Å². The number of ether oxygens (including phenoxy) is 7. The van der Waals surface area contributed by atoms with Crippen molar-refractivity contribution in [1.29, 1.82) is 0 Å². The predicted molar refractivity (Wildman–Crippen MR) is 258 cm³/mol. The van der Waals surface area contributed by atoms with Crippen LogP contribution in [-0.2, 0) is 66.7 Å². The highest BCUT2D eigenvalue weighted by Gasteiger charge is 2.66. The van der Waals surface area contributed by atoms with Crippen molar-refractivity contribution in [3.63, 3.8) is 0 Å². The van der Waals surface area contributed by atoms with Gasteiger partial charge in [-0.1, -0.05) is 34.6 Å². The number of carbonyl (C=O) groups is 7. The summed E-state index contributed by atoms with van der Waals surface area (Å²) in [5.74, 6) is -5.67. The molecule has 1 N–H and O–H groups in total. The van der Waals surface area contributed by atoms with E-state index in [1.807, 2.05) is 47.6 Å². The number of methoxy groups -OCH3 is 7. The van der Waals surface area contributed by atoms with Crippen molar-refractivity contribution in [1.82, 2.24) is 5.32 Å². The van der Waals surface area contributed by atoms with Crippen LogP contribution < -0.4 is 5.32 Å². The molecule has 0 spiro atoms. The molecule has 0 aromatic rings. The highest BCUT2D eigenvalue weighted by Crippen LogP contribution is 2.62. The van der Waals surface area contributed by atoms with Crippen LogP contribution >= 0.6 is 0 Å². The number of nitrogens with one attached hydrogen (secondary N) is 1. The first-order valence-corrected chi connectivity index (χ1v) is 24.0. The van der Waals surface area contributed by atoms with E-state index in [9.17, 15) is 33.6 Å². The van der Waals surface area contributed by atoms with Gasteiger partial charge in [0, 0.05) is 105 Å². The molecule has 0 radical (unpaired) electrons. The van der Waals surface area contributed by atoms with Crippen LogP contribution in [0.25, 0.3) is 0 Å². The molecule has 0 aromatic heterocycles. The van der Waals surface area contributed by atoms with Gasteiger partial charge >= 0.3 is 41.8 Å². The van der Waals surface area contributed by atoms with Crippen molar-refractivity contribution in [2.75, 3.05) is 49.8 Å². The molecule has 1 saturated heterocycles. The second-order valence-electron chi connectivity index (χ2n) is 20.7. The molecule has 5 rings (SSSR count). The van der Waals surface area contributed by atoms with Crippen LogP contribution in [0, 0.1) is 45.3 Å². The lowest BCUT2D eigenvalue weighted by Crippen LogP contribution is -2.55. The zero-order chi connectivity index (χ0) is 52.3. The lowest BCUT2D eigenvalue weighted by atomic mass is 9.55. The molecule has 0 amide bonds. The fourth-order valence-electron chi connectivity index (χ4n) is 12.3. The van der Waals surface area contributed by atoms with E-state index in [0.29, 0.717) is 51.8 Å². The van der Waals surface area contributed by atoms with Gasteiger partial charge in [-0.2, -0.15) is 0 Å². The van der Waals surface area contributed by atoms with Crippen molar-refractivity contribution in [2.24, 2.45) is 60.3 Å². The summed E-state index contributed by atoms with van der Waals surface area (Å²) < 4.78 is 36.8. The normalized spacial score (nSPS) is 32.4. The molecule has 5 aliphatic rings. The van der Waals surface area contributed by atoms with Crippen LogP contribution in [0.1, 0.15) is 126 Å². The van der Waals surface area contributed by atoms with Crippen LogP contribution in [0.5, 0.6) is 0 Å². The van der Waals surface area contributed by atoms with E-state index in [1.165, 1.54) is 49.8 Å². The Bertz CT molecular complexity index is 2340. The topological polar surface area (TPSA) is 233 Å². The van der Waals surface area contributed by atoms with E-state index in [4.69, 9.17) is 48.1 Å². The molecule has 8 bridgehead atoms. The Labute approximate surface area is 411 Å². The van der Waals surface area contributed by atoms with Crippen LogP contribution in [-0.4, -0.2) is 120 Å². The molecule has 0 aliphatic carbocycles. The van der Waals surface area contributed by atoms with Crippen molar-refractivity contribution in [3.05, 3.63) is 34.3 Å². The largest absolute Gasteiger partial charge is 0.469 e. The molecule has 18 nitrogen and oxygen atoms in total. The SMILES string of the molecule is COC(=O)CC[C@@H]1C2=C(C)C3=NC([C@@H](CC(=O)OC)[C@@]3(C)CCC(=O)OC)[C@]3(C)N=C(/C(C)=C4\N/C(=C\C(=N2)C1(C)C)[C@@H](CCC(=O)OC)[C@]4(C)CC(=O)OC)[C@@H](CCC(=O)OC)[C@]3(C)CC(=O)OC. The van der Waals surface area contributed by atoms with Crippen molar-refractivity contribution >= 4 is 58.9 Å². The molecule has 5 aliphatic heterocycles. The zero-order valence-corrected chi connectivity index (χ0v) is 43.8. The summed E-state index contributed by atoms with van der Waals surface area (Å²) in [5, 5.41) is 3.73. The average molecular weight is 979 g/mol. The molecular weight excluding hydrogens is 905 g/mol. The molecule has 1 unspecified atom stereocenters. The van der Waals surface area contributed by atoms with Crippen molar-refractivity contribution in [3.8, 4) is 0 Å². The summed E-state index contributed by atoms with van der Waals surface area (Å²) in [7, 11) is 9.21. The number of hydrogen-bond donors (Lipinski definition) is 1. The number of nitrogens with zero attached hydrogens (tertiary/aromatic N) is 3. The molecule has 9 atom stereocenters. The van der Waals surface area contributed by atoms with Gasteiger partial charge in [0.1, 0.15) is 0 Å². The van der Waals surface area contributed by atoms with E-state index in [1.54, 1.807) is 0 Å². The second-order valence-corrected chi connectivity index (χ2v) is 20.7. The maximum Gasteiger partial charge on any atom is 0.306 e. The number of hydrogen-bond acceptors (Lipinski definition) is 18. The summed E-state index contributed by atoms with van der Waals surface area (Å²) in [6, 6.07) is -0.888. The van der Waals surface area contributed by atoms with Gasteiger partial charge in [-0.15, -0.1) is 0 Å². The minimum atomic E-state index is -1.37. The van der Waals surface area contributed by atoms with Gasteiger partial charge in [0.15, 0.2) is 0 Å². The molecule has 70 heavy (non-hydrogen) atoms. The van der Waals surface area contributed by atoms with Gasteiger partial charge in [-0.3, -0.25) is 48.5 Å². The third-order valence-electron chi connectivity index (χ3n) is 16.8. The first-order valence-electron chi connectivity index (χ1n) is 24.0. The summed E-state index contributed by atoms with van der Waals surface area (Å²) in [4.78, 5) is 111. The minimum absolute atomic E-state index is 0.0103. The number of aliphatic imine (C=N–C) groups is 3. The Hall–Kier alpha value is -5.68. The Morgan fingerprint density at radius 3 is 1.60 bits per heavy atom. The second kappa shape index (κ2) is 21.4. The van der Waals surface area contributed by atoms with Gasteiger partial charge in [-0.05, 0) is 63.7 Å². The zero-order valence-electron chi connectivity index (χ0n) is 43.8. The number of rotatable bonds is 18. The number of esters is 7. The van der Waals surface area contributed by atoms with E-state index < -0.39 is 98.7 Å². The van der Waals surface area contributed by atoms with Gasteiger partial charge < -0.3 is 38.5 Å². The maximum absolute atomic E-state index is 14.0. The minimum Gasteiger partial charge on any atom is -0.469 e. The smallest absolute Gasteiger partial charge is 0.306 e. The molecule has 18 heteroatoms. The summed E-state index contributed by atoms with van der Waals surface area (Å²) in [6.45, 7) is 15.7. The lowest BCUT2D eigenvalue weighted by Gasteiger charge is -2.48. The van der Waals surface area contributed by atoms with E-state index in [-0.39, 0.29) is 64.2 Å². The molecule has 5 heterocycles. The first kappa shape index (κ1) is 55.2. The first-order chi connectivity index (χ1) is 32.8.